The lowest BCUT2D eigenvalue weighted by atomic mass is 10.7. The summed E-state index contributed by atoms with van der Waals surface area (Å²) in [5, 5.41) is 2.16. The number of sulfonamides is 1. The molecule has 0 aromatic rings. The van der Waals surface area contributed by atoms with Crippen LogP contribution in [-0.4, -0.2) is 33.8 Å². The molecule has 0 heterocycles. The lowest BCUT2D eigenvalue weighted by molar-refractivity contribution is 0.249. The molecule has 0 saturated carbocycles. The summed E-state index contributed by atoms with van der Waals surface area (Å²) >= 11 is 0. The van der Waals surface area contributed by atoms with Gasteiger partial charge in [0, 0.05) is 6.54 Å². The van der Waals surface area contributed by atoms with Crippen LogP contribution < -0.4 is 15.8 Å². The topological polar surface area (TPSA) is 101 Å². The molecule has 0 aromatic heterocycles. The number of nitrogens with one attached hydrogen (secondary N) is 2. The van der Waals surface area contributed by atoms with Gasteiger partial charge in [0.2, 0.25) is 10.0 Å². The Bertz CT molecular complexity index is 223. The molecular formula is C4H11N3O3S. The van der Waals surface area contributed by atoms with Gasteiger partial charge in [-0.15, -0.1) is 0 Å². The van der Waals surface area contributed by atoms with E-state index >= 15 is 0 Å². The van der Waals surface area contributed by atoms with Crippen LogP contribution in [0.3, 0.4) is 0 Å². The minimum absolute atomic E-state index is 0.0263. The number of nitrogens with two attached hydrogens (primary N) is 1. The quantitative estimate of drug-likeness (QED) is 0.477. The molecule has 0 radical (unpaired) electrons. The lowest BCUT2D eigenvalue weighted by Gasteiger charge is -2.01. The molecule has 0 aliphatic rings. The molecule has 0 bridgehead atoms. The molecule has 11 heavy (non-hydrogen) atoms. The van der Waals surface area contributed by atoms with E-state index in [1.807, 2.05) is 0 Å². The highest BCUT2D eigenvalue weighted by Gasteiger charge is 2.05. The van der Waals surface area contributed by atoms with Gasteiger partial charge in [-0.2, -0.15) is 0 Å². The third kappa shape index (κ3) is 5.62. The predicted octanol–water partition coefficient (Wildman–Crippen LogP) is -1.80. The second-order valence-electron chi connectivity index (χ2n) is 1.81. The maximum absolute atomic E-state index is 10.7. The van der Waals surface area contributed by atoms with E-state index in [4.69, 9.17) is 5.73 Å². The Balaban J connectivity index is 3.63. The van der Waals surface area contributed by atoms with Gasteiger partial charge in [-0.3, -0.25) is 0 Å². The first-order chi connectivity index (χ1) is 4.98. The fourth-order valence-corrected chi connectivity index (χ4v) is 0.986. The van der Waals surface area contributed by atoms with Crippen molar-refractivity contribution in [1.29, 1.82) is 0 Å². The van der Waals surface area contributed by atoms with Crippen molar-refractivity contribution in [3.63, 3.8) is 0 Å². The molecule has 0 aliphatic carbocycles. The van der Waals surface area contributed by atoms with Crippen molar-refractivity contribution in [3.05, 3.63) is 0 Å². The van der Waals surface area contributed by atoms with E-state index in [1.54, 1.807) is 0 Å². The van der Waals surface area contributed by atoms with E-state index in [-0.39, 0.29) is 12.3 Å². The Labute approximate surface area is 65.2 Å². The highest BCUT2D eigenvalue weighted by Crippen LogP contribution is 1.78. The first-order valence-electron chi connectivity index (χ1n) is 2.92. The van der Waals surface area contributed by atoms with E-state index < -0.39 is 16.1 Å². The largest absolute Gasteiger partial charge is 0.352 e. The third-order valence-corrected chi connectivity index (χ3v) is 2.34. The number of hydrogen-bond donors (Lipinski definition) is 3. The second kappa shape index (κ2) is 4.14. The van der Waals surface area contributed by atoms with Crippen LogP contribution in [0.15, 0.2) is 0 Å². The highest BCUT2D eigenvalue weighted by atomic mass is 32.2. The van der Waals surface area contributed by atoms with Crippen molar-refractivity contribution < 1.29 is 13.2 Å². The normalized spacial score (nSPS) is 11.0. The first kappa shape index (κ1) is 10.2. The highest BCUT2D eigenvalue weighted by molar-refractivity contribution is 7.89. The Morgan fingerprint density at radius 1 is 1.55 bits per heavy atom. The first-order valence-corrected chi connectivity index (χ1v) is 4.57. The summed E-state index contributed by atoms with van der Waals surface area (Å²) in [6.07, 6.45) is 0. The predicted molar refractivity (Wildman–Crippen MR) is 40.4 cm³/mol. The van der Waals surface area contributed by atoms with Crippen molar-refractivity contribution in [3.8, 4) is 0 Å². The lowest BCUT2D eigenvalue weighted by Crippen LogP contribution is -2.35. The zero-order valence-electron chi connectivity index (χ0n) is 6.12. The van der Waals surface area contributed by atoms with Crippen LogP contribution in [0.25, 0.3) is 0 Å². The number of primary amides is 1. The van der Waals surface area contributed by atoms with Crippen LogP contribution in [0.2, 0.25) is 0 Å². The third-order valence-electron chi connectivity index (χ3n) is 0.981. The van der Waals surface area contributed by atoms with Crippen molar-refractivity contribution in [2.45, 2.75) is 0 Å². The zero-order valence-corrected chi connectivity index (χ0v) is 6.94. The van der Waals surface area contributed by atoms with E-state index in [0.29, 0.717) is 0 Å². The minimum atomic E-state index is -3.24. The fraction of sp³-hybridized carbons (Fsp3) is 0.750. The van der Waals surface area contributed by atoms with Gasteiger partial charge in [0.05, 0.1) is 5.75 Å². The molecular weight excluding hydrogens is 170 g/mol. The van der Waals surface area contributed by atoms with Crippen molar-refractivity contribution in [1.82, 2.24) is 10.0 Å². The van der Waals surface area contributed by atoms with Crippen LogP contribution in [0.5, 0.6) is 0 Å². The molecule has 2 amide bonds. The summed E-state index contributed by atoms with van der Waals surface area (Å²) in [7, 11) is -1.93. The van der Waals surface area contributed by atoms with E-state index in [0.717, 1.165) is 0 Å². The molecule has 0 spiro atoms. The number of hydrogen-bond acceptors (Lipinski definition) is 3. The minimum Gasteiger partial charge on any atom is -0.352 e. The number of rotatable bonds is 4. The molecule has 4 N–H and O–H groups in total. The summed E-state index contributed by atoms with van der Waals surface area (Å²) in [6.45, 7) is 0.0263. The molecule has 6 nitrogen and oxygen atoms in total. The molecule has 0 aromatic carbocycles. The van der Waals surface area contributed by atoms with Crippen molar-refractivity contribution >= 4 is 16.1 Å². The maximum atomic E-state index is 10.7. The Kier molecular flexibility index (Phi) is 3.83. The summed E-state index contributed by atoms with van der Waals surface area (Å²) in [5.41, 5.74) is 4.70. The average Bonchev–Trinajstić information content (AvgIpc) is 1.87. The molecule has 66 valence electrons. The second-order valence-corrected chi connectivity index (χ2v) is 3.86. The molecule has 0 atom stereocenters. The van der Waals surface area contributed by atoms with Gasteiger partial charge in [-0.1, -0.05) is 0 Å². The molecule has 7 heteroatoms. The number of carbonyl (C=O) groups excluding carboxylic acids is 1. The van der Waals surface area contributed by atoms with Crippen LogP contribution in [0.1, 0.15) is 0 Å². The van der Waals surface area contributed by atoms with E-state index in [1.165, 1.54) is 7.05 Å². The summed E-state index contributed by atoms with van der Waals surface area (Å²) in [5.74, 6) is -0.160. The zero-order chi connectivity index (χ0) is 8.91. The molecule has 0 aliphatic heterocycles. The number of amides is 2. The van der Waals surface area contributed by atoms with Crippen LogP contribution >= 0.6 is 0 Å². The number of urea groups is 1. The Hall–Kier alpha value is -0.820. The molecule has 0 rings (SSSR count). The van der Waals surface area contributed by atoms with Crippen LogP contribution in [-0.2, 0) is 10.0 Å². The van der Waals surface area contributed by atoms with Gasteiger partial charge in [-0.05, 0) is 7.05 Å². The average molecular weight is 181 g/mol. The van der Waals surface area contributed by atoms with Crippen molar-refractivity contribution in [2.24, 2.45) is 5.73 Å². The Morgan fingerprint density at radius 3 is 2.45 bits per heavy atom. The molecule has 0 fully saturated rings. The van der Waals surface area contributed by atoms with E-state index in [2.05, 4.69) is 10.0 Å². The van der Waals surface area contributed by atoms with Gasteiger partial charge in [0.25, 0.3) is 0 Å². The van der Waals surface area contributed by atoms with Gasteiger partial charge < -0.3 is 11.1 Å². The van der Waals surface area contributed by atoms with Gasteiger partial charge >= 0.3 is 6.03 Å². The standard InChI is InChI=1S/C4H11N3O3S/c1-6-11(9,10)3-2-7-4(5)8/h6H,2-3H2,1H3,(H3,5,7,8). The summed E-state index contributed by atoms with van der Waals surface area (Å²) in [4.78, 5) is 10.1. The maximum Gasteiger partial charge on any atom is 0.312 e. The van der Waals surface area contributed by atoms with Crippen LogP contribution in [0.4, 0.5) is 4.79 Å². The van der Waals surface area contributed by atoms with Gasteiger partial charge in [0.15, 0.2) is 0 Å². The van der Waals surface area contributed by atoms with Gasteiger partial charge in [0.1, 0.15) is 0 Å². The number of carbonyl (C=O) groups is 1. The monoisotopic (exact) mass is 181 g/mol. The van der Waals surface area contributed by atoms with Crippen molar-refractivity contribution in [2.75, 3.05) is 19.3 Å². The summed E-state index contributed by atoms with van der Waals surface area (Å²) < 4.78 is 23.5. The molecule has 0 saturated heterocycles. The van der Waals surface area contributed by atoms with Crippen LogP contribution in [0, 0.1) is 0 Å². The smallest absolute Gasteiger partial charge is 0.312 e. The van der Waals surface area contributed by atoms with Gasteiger partial charge in [-0.25, -0.2) is 17.9 Å². The Morgan fingerprint density at radius 2 is 2.09 bits per heavy atom. The molecule has 0 unspecified atom stereocenters. The summed E-state index contributed by atoms with van der Waals surface area (Å²) in [6, 6.07) is -0.726. The fourth-order valence-electron chi connectivity index (χ4n) is 0.411. The SMILES string of the molecule is CNS(=O)(=O)CCNC(N)=O. The van der Waals surface area contributed by atoms with E-state index in [9.17, 15) is 13.2 Å².